The Labute approximate surface area is 182 Å². The van der Waals surface area contributed by atoms with E-state index in [-0.39, 0.29) is 24.0 Å². The highest BCUT2D eigenvalue weighted by molar-refractivity contribution is 6.32. The predicted molar refractivity (Wildman–Crippen MR) is 115 cm³/mol. The summed E-state index contributed by atoms with van der Waals surface area (Å²) >= 11 is 0. The molecular formula is C24H16N2O6. The van der Waals surface area contributed by atoms with E-state index in [4.69, 9.17) is 9.15 Å². The number of hydrazone groups is 1. The van der Waals surface area contributed by atoms with E-state index in [1.807, 2.05) is 6.07 Å². The first-order chi connectivity index (χ1) is 15.4. The lowest BCUT2D eigenvalue weighted by atomic mass is 10.0. The Bertz CT molecular complexity index is 1360. The summed E-state index contributed by atoms with van der Waals surface area (Å²) in [4.78, 5) is 35.8. The number of carbonyl (C=O) groups is 3. The van der Waals surface area contributed by atoms with Crippen molar-refractivity contribution in [1.29, 1.82) is 0 Å². The summed E-state index contributed by atoms with van der Waals surface area (Å²) in [6.07, 6.45) is 1.60. The Kier molecular flexibility index (Phi) is 4.48. The number of rotatable bonds is 4. The van der Waals surface area contributed by atoms with Gasteiger partial charge in [-0.1, -0.05) is 12.1 Å². The number of carboxylic acids is 1. The number of carboxylic acid groups (broad SMARTS) is 1. The lowest BCUT2D eigenvalue weighted by Gasteiger charge is -2.12. The summed E-state index contributed by atoms with van der Waals surface area (Å²) in [7, 11) is 0. The van der Waals surface area contributed by atoms with Crippen LogP contribution in [0.15, 0.2) is 69.7 Å². The van der Waals surface area contributed by atoms with Crippen LogP contribution >= 0.6 is 0 Å². The molecule has 0 saturated heterocycles. The van der Waals surface area contributed by atoms with Gasteiger partial charge in [-0.05, 0) is 55.5 Å². The summed E-state index contributed by atoms with van der Waals surface area (Å²) in [6, 6.07) is 14.9. The maximum atomic E-state index is 12.9. The molecule has 0 unspecified atom stereocenters. The third-order valence-corrected chi connectivity index (χ3v) is 5.28. The lowest BCUT2D eigenvalue weighted by molar-refractivity contribution is -0.114. The number of cyclic esters (lactones) is 1. The number of fused-ring (bicyclic) bond motifs is 1. The minimum atomic E-state index is -1.08. The number of ether oxygens (including phenoxy) is 1. The van der Waals surface area contributed by atoms with Crippen LogP contribution in [0.5, 0.6) is 0 Å². The number of benzene rings is 2. The van der Waals surface area contributed by atoms with Gasteiger partial charge in [0.15, 0.2) is 0 Å². The van der Waals surface area contributed by atoms with Crippen molar-refractivity contribution in [1.82, 2.24) is 0 Å². The van der Waals surface area contributed by atoms with Gasteiger partial charge in [0.2, 0.25) is 0 Å². The van der Waals surface area contributed by atoms with Crippen LogP contribution < -0.4 is 5.01 Å². The molecule has 1 aromatic heterocycles. The number of carbonyl (C=O) groups excluding carboxylic acids is 2. The van der Waals surface area contributed by atoms with E-state index >= 15 is 0 Å². The van der Waals surface area contributed by atoms with Crippen molar-refractivity contribution in [3.63, 3.8) is 0 Å². The van der Waals surface area contributed by atoms with Gasteiger partial charge in [-0.15, -0.1) is 0 Å². The summed E-state index contributed by atoms with van der Waals surface area (Å²) in [5.41, 5.74) is 3.42. The van der Waals surface area contributed by atoms with Crippen LogP contribution in [0.3, 0.4) is 0 Å². The second-order valence-electron chi connectivity index (χ2n) is 7.37. The molecule has 2 aromatic carbocycles. The van der Waals surface area contributed by atoms with Crippen LogP contribution in [0.4, 0.5) is 5.69 Å². The standard InChI is InChI=1S/C24H16N2O6/c1-13-20(22(27)26(25-13)17-4-2-3-15(10-17)23(28)29)11-18-6-8-21(32-18)14-5-7-19-16(9-14)12-31-24(19)30/h2-11H,12H2,1H3,(H,28,29)/b20-11+. The molecule has 3 aromatic rings. The Morgan fingerprint density at radius 3 is 2.78 bits per heavy atom. The minimum absolute atomic E-state index is 0.0673. The fourth-order valence-electron chi connectivity index (χ4n) is 3.64. The van der Waals surface area contributed by atoms with Crippen LogP contribution in [-0.4, -0.2) is 28.7 Å². The zero-order valence-electron chi connectivity index (χ0n) is 16.9. The highest BCUT2D eigenvalue weighted by Crippen LogP contribution is 2.30. The molecular weight excluding hydrogens is 412 g/mol. The first-order valence-electron chi connectivity index (χ1n) is 9.76. The van der Waals surface area contributed by atoms with Gasteiger partial charge in [0.1, 0.15) is 18.1 Å². The Morgan fingerprint density at radius 2 is 1.97 bits per heavy atom. The van der Waals surface area contributed by atoms with Gasteiger partial charge in [0.25, 0.3) is 5.91 Å². The third-order valence-electron chi connectivity index (χ3n) is 5.28. The fraction of sp³-hybridized carbons (Fsp3) is 0.0833. The van der Waals surface area contributed by atoms with Crippen LogP contribution in [0.25, 0.3) is 17.4 Å². The van der Waals surface area contributed by atoms with Crippen molar-refractivity contribution >= 4 is 35.3 Å². The average molecular weight is 428 g/mol. The van der Waals surface area contributed by atoms with Gasteiger partial charge < -0.3 is 14.3 Å². The maximum Gasteiger partial charge on any atom is 0.338 e. The number of amides is 1. The highest BCUT2D eigenvalue weighted by Gasteiger charge is 2.29. The molecule has 0 radical (unpaired) electrons. The molecule has 8 heteroatoms. The number of hydrogen-bond donors (Lipinski definition) is 1. The Morgan fingerprint density at radius 1 is 1.12 bits per heavy atom. The van der Waals surface area contributed by atoms with Gasteiger partial charge in [0, 0.05) is 11.1 Å². The Hall–Kier alpha value is -4.46. The van der Waals surface area contributed by atoms with E-state index in [1.165, 1.54) is 17.1 Å². The van der Waals surface area contributed by atoms with Gasteiger partial charge in [-0.25, -0.2) is 9.59 Å². The van der Waals surface area contributed by atoms with Crippen molar-refractivity contribution in [2.45, 2.75) is 13.5 Å². The molecule has 0 saturated carbocycles. The van der Waals surface area contributed by atoms with Gasteiger partial charge in [0.05, 0.1) is 28.1 Å². The zero-order chi connectivity index (χ0) is 22.4. The molecule has 2 aliphatic rings. The van der Waals surface area contributed by atoms with Crippen molar-refractivity contribution < 1.29 is 28.6 Å². The molecule has 158 valence electrons. The monoisotopic (exact) mass is 428 g/mol. The molecule has 8 nitrogen and oxygen atoms in total. The van der Waals surface area contributed by atoms with E-state index in [0.717, 1.165) is 11.1 Å². The molecule has 0 spiro atoms. The van der Waals surface area contributed by atoms with Crippen LogP contribution in [0.2, 0.25) is 0 Å². The molecule has 1 amide bonds. The maximum absolute atomic E-state index is 12.9. The molecule has 32 heavy (non-hydrogen) atoms. The number of aromatic carboxylic acids is 1. The van der Waals surface area contributed by atoms with Crippen molar-refractivity contribution in [2.24, 2.45) is 5.10 Å². The first-order valence-corrected chi connectivity index (χ1v) is 9.76. The largest absolute Gasteiger partial charge is 0.478 e. The topological polar surface area (TPSA) is 109 Å². The summed E-state index contributed by atoms with van der Waals surface area (Å²) < 4.78 is 10.9. The molecule has 0 bridgehead atoms. The van der Waals surface area contributed by atoms with E-state index in [0.29, 0.717) is 34.1 Å². The fourth-order valence-corrected chi connectivity index (χ4v) is 3.64. The zero-order valence-corrected chi connectivity index (χ0v) is 16.9. The van der Waals surface area contributed by atoms with Crippen molar-refractivity contribution in [3.05, 3.63) is 82.6 Å². The number of hydrogen-bond acceptors (Lipinski definition) is 6. The average Bonchev–Trinajstić information content (AvgIpc) is 3.48. The van der Waals surface area contributed by atoms with E-state index in [2.05, 4.69) is 5.10 Å². The van der Waals surface area contributed by atoms with Crippen molar-refractivity contribution in [3.8, 4) is 11.3 Å². The van der Waals surface area contributed by atoms with Gasteiger partial charge in [-0.2, -0.15) is 10.1 Å². The molecule has 0 atom stereocenters. The van der Waals surface area contributed by atoms with E-state index < -0.39 is 5.97 Å². The first kappa shape index (κ1) is 19.5. The van der Waals surface area contributed by atoms with E-state index in [9.17, 15) is 19.5 Å². The number of nitrogens with zero attached hydrogens (tertiary/aromatic N) is 2. The second kappa shape index (κ2) is 7.35. The molecule has 1 N–H and O–H groups in total. The molecule has 0 fully saturated rings. The molecule has 3 heterocycles. The second-order valence-corrected chi connectivity index (χ2v) is 7.37. The third kappa shape index (κ3) is 3.27. The number of furan rings is 1. The van der Waals surface area contributed by atoms with Crippen LogP contribution in [-0.2, 0) is 16.1 Å². The highest BCUT2D eigenvalue weighted by atomic mass is 16.5. The van der Waals surface area contributed by atoms with Crippen LogP contribution in [0, 0.1) is 0 Å². The lowest BCUT2D eigenvalue weighted by Crippen LogP contribution is -2.21. The smallest absolute Gasteiger partial charge is 0.338 e. The quantitative estimate of drug-likeness (QED) is 0.495. The summed E-state index contributed by atoms with van der Waals surface area (Å²) in [5, 5.41) is 14.6. The summed E-state index contributed by atoms with van der Waals surface area (Å²) in [6.45, 7) is 1.94. The van der Waals surface area contributed by atoms with Gasteiger partial charge in [-0.3, -0.25) is 4.79 Å². The van der Waals surface area contributed by atoms with Gasteiger partial charge >= 0.3 is 11.9 Å². The normalized spacial score (nSPS) is 16.3. The minimum Gasteiger partial charge on any atom is -0.478 e. The summed E-state index contributed by atoms with van der Waals surface area (Å²) in [5.74, 6) is -0.738. The predicted octanol–water partition coefficient (Wildman–Crippen LogP) is 4.12. The SMILES string of the molecule is CC1=NN(c2cccc(C(=O)O)c2)C(=O)/C1=C/c1ccc(-c2ccc3c(c2)COC3=O)o1. The molecule has 0 aliphatic carbocycles. The van der Waals surface area contributed by atoms with Crippen molar-refractivity contribution in [2.75, 3.05) is 5.01 Å². The van der Waals surface area contributed by atoms with E-state index in [1.54, 1.807) is 49.4 Å². The Balaban J connectivity index is 1.42. The van der Waals surface area contributed by atoms with Crippen LogP contribution in [0.1, 0.15) is 39.0 Å². The molecule has 5 rings (SSSR count). The number of esters is 1. The molecule has 2 aliphatic heterocycles. The number of anilines is 1.